The van der Waals surface area contributed by atoms with E-state index in [1.807, 2.05) is 55.6 Å². The lowest BCUT2D eigenvalue weighted by Crippen LogP contribution is -2.26. The number of aromatic nitrogens is 1. The van der Waals surface area contributed by atoms with Crippen LogP contribution in [0.3, 0.4) is 0 Å². The summed E-state index contributed by atoms with van der Waals surface area (Å²) in [6.45, 7) is 3.95. The lowest BCUT2D eigenvalue weighted by Gasteiger charge is -2.17. The molecule has 0 atom stereocenters. The van der Waals surface area contributed by atoms with E-state index in [4.69, 9.17) is 4.74 Å². The van der Waals surface area contributed by atoms with Gasteiger partial charge in [-0.2, -0.15) is 0 Å². The maximum Gasteiger partial charge on any atom is 0.179 e. The van der Waals surface area contributed by atoms with Crippen LogP contribution in [0.15, 0.2) is 78.9 Å². The number of carbonyl (C=O) groups excluding carboxylic acids is 1. The molecule has 158 valence electrons. The van der Waals surface area contributed by atoms with Crippen LogP contribution in [0.25, 0.3) is 22.2 Å². The van der Waals surface area contributed by atoms with Crippen molar-refractivity contribution in [2.75, 3.05) is 20.7 Å². The smallest absolute Gasteiger partial charge is 0.179 e. The average molecular weight is 413 g/mol. The van der Waals surface area contributed by atoms with Crippen molar-refractivity contribution >= 4 is 16.7 Å². The number of ether oxygens (including phenoxy) is 1. The van der Waals surface area contributed by atoms with Crippen molar-refractivity contribution in [1.82, 2.24) is 9.47 Å². The van der Waals surface area contributed by atoms with Gasteiger partial charge in [-0.05, 0) is 43.3 Å². The fourth-order valence-corrected chi connectivity index (χ4v) is 4.27. The second kappa shape index (κ2) is 9.19. The molecule has 4 aromatic rings. The van der Waals surface area contributed by atoms with Crippen molar-refractivity contribution in [3.8, 4) is 17.0 Å². The summed E-state index contributed by atoms with van der Waals surface area (Å²) in [7, 11) is 3.65. The molecule has 0 amide bonds. The van der Waals surface area contributed by atoms with Crippen LogP contribution in [-0.2, 0) is 13.1 Å². The third-order valence-corrected chi connectivity index (χ3v) is 5.61. The Kier molecular flexibility index (Phi) is 6.19. The summed E-state index contributed by atoms with van der Waals surface area (Å²) >= 11 is 0. The normalized spacial score (nSPS) is 11.2. The minimum atomic E-state index is 0.132. The molecule has 1 aromatic heterocycles. The largest absolute Gasteiger partial charge is 0.497 e. The van der Waals surface area contributed by atoms with E-state index in [9.17, 15) is 4.79 Å². The summed E-state index contributed by atoms with van der Waals surface area (Å²) in [5, 5.41) is 1.02. The lowest BCUT2D eigenvalue weighted by molar-refractivity contribution is 0.0945. The fraction of sp³-hybridized carbons (Fsp3) is 0.222. The molecule has 0 bridgehead atoms. The number of likely N-dealkylation sites (N-methyl/N-ethyl adjacent to an activating group) is 1. The van der Waals surface area contributed by atoms with Crippen LogP contribution in [0.1, 0.15) is 22.8 Å². The maximum atomic E-state index is 13.6. The molecule has 0 aliphatic heterocycles. The van der Waals surface area contributed by atoms with Crippen LogP contribution >= 0.6 is 0 Å². The summed E-state index contributed by atoms with van der Waals surface area (Å²) < 4.78 is 7.58. The van der Waals surface area contributed by atoms with Crippen molar-refractivity contribution in [1.29, 1.82) is 0 Å². The number of hydrogen-bond donors (Lipinski definition) is 0. The standard InChI is InChI=1S/C27H28N2O2/c1-4-29-24-16-9-8-15-23(24)26(27(29)21-12-6-5-7-13-21)25(30)19-28(2)18-20-11-10-14-22(17-20)31-3/h5-17H,4,18-19H2,1-3H3. The maximum absolute atomic E-state index is 13.6. The van der Waals surface area contributed by atoms with Crippen molar-refractivity contribution in [2.45, 2.75) is 20.0 Å². The molecule has 0 unspecified atom stereocenters. The Morgan fingerprint density at radius 3 is 2.45 bits per heavy atom. The van der Waals surface area contributed by atoms with E-state index in [0.29, 0.717) is 13.1 Å². The summed E-state index contributed by atoms with van der Waals surface area (Å²) in [4.78, 5) is 15.7. The Labute approximate surface area is 183 Å². The van der Waals surface area contributed by atoms with E-state index in [1.165, 1.54) is 0 Å². The molecule has 0 radical (unpaired) electrons. The third kappa shape index (κ3) is 4.25. The van der Waals surface area contributed by atoms with Crippen LogP contribution in [0.4, 0.5) is 0 Å². The number of fused-ring (bicyclic) bond motifs is 1. The quantitative estimate of drug-likeness (QED) is 0.351. The first-order valence-corrected chi connectivity index (χ1v) is 10.6. The van der Waals surface area contributed by atoms with Gasteiger partial charge in [0.2, 0.25) is 0 Å². The monoisotopic (exact) mass is 412 g/mol. The second-order valence-electron chi connectivity index (χ2n) is 7.80. The lowest BCUT2D eigenvalue weighted by atomic mass is 10.0. The van der Waals surface area contributed by atoms with Gasteiger partial charge in [0.25, 0.3) is 0 Å². The summed E-state index contributed by atoms with van der Waals surface area (Å²) in [6.07, 6.45) is 0. The number of nitrogens with zero attached hydrogens (tertiary/aromatic N) is 2. The van der Waals surface area contributed by atoms with E-state index in [0.717, 1.165) is 45.6 Å². The van der Waals surface area contributed by atoms with Gasteiger partial charge < -0.3 is 9.30 Å². The zero-order valence-corrected chi connectivity index (χ0v) is 18.3. The molecule has 0 fully saturated rings. The van der Waals surface area contributed by atoms with Crippen molar-refractivity contribution in [3.05, 3.63) is 90.0 Å². The third-order valence-electron chi connectivity index (χ3n) is 5.61. The first-order valence-electron chi connectivity index (χ1n) is 10.6. The first-order chi connectivity index (χ1) is 15.1. The van der Waals surface area contributed by atoms with Gasteiger partial charge in [0.1, 0.15) is 5.75 Å². The number of hydrogen-bond acceptors (Lipinski definition) is 3. The predicted octanol–water partition coefficient (Wildman–Crippen LogP) is 5.65. The molecular weight excluding hydrogens is 384 g/mol. The summed E-state index contributed by atoms with van der Waals surface area (Å²) in [5.74, 6) is 0.960. The molecule has 0 saturated carbocycles. The molecule has 0 saturated heterocycles. The highest BCUT2D eigenvalue weighted by atomic mass is 16.5. The minimum absolute atomic E-state index is 0.132. The molecule has 0 spiro atoms. The van der Waals surface area contributed by atoms with Crippen molar-refractivity contribution in [2.24, 2.45) is 0 Å². The van der Waals surface area contributed by atoms with Gasteiger partial charge in [0, 0.05) is 24.0 Å². The van der Waals surface area contributed by atoms with Crippen molar-refractivity contribution < 1.29 is 9.53 Å². The Balaban J connectivity index is 1.70. The molecule has 0 aliphatic rings. The molecule has 4 nitrogen and oxygen atoms in total. The van der Waals surface area contributed by atoms with E-state index < -0.39 is 0 Å². The molecule has 4 rings (SSSR count). The van der Waals surface area contributed by atoms with E-state index in [2.05, 4.69) is 46.7 Å². The van der Waals surface area contributed by atoms with Crippen LogP contribution in [-0.4, -0.2) is 36.0 Å². The number of para-hydroxylation sites is 1. The molecule has 0 N–H and O–H groups in total. The molecule has 4 heteroatoms. The first kappa shape index (κ1) is 20.9. The van der Waals surface area contributed by atoms with Crippen LogP contribution < -0.4 is 4.74 Å². The predicted molar refractivity (Wildman–Crippen MR) is 127 cm³/mol. The van der Waals surface area contributed by atoms with Gasteiger partial charge in [0.05, 0.1) is 24.9 Å². The van der Waals surface area contributed by atoms with Crippen LogP contribution in [0, 0.1) is 0 Å². The highest BCUT2D eigenvalue weighted by molar-refractivity contribution is 6.14. The number of aryl methyl sites for hydroxylation is 1. The molecular formula is C27H28N2O2. The Morgan fingerprint density at radius 1 is 0.968 bits per heavy atom. The van der Waals surface area contributed by atoms with Gasteiger partial charge in [-0.1, -0.05) is 60.7 Å². The summed E-state index contributed by atoms with van der Waals surface area (Å²) in [5.41, 5.74) is 5.10. The van der Waals surface area contributed by atoms with Crippen LogP contribution in [0.5, 0.6) is 5.75 Å². The van der Waals surface area contributed by atoms with Crippen molar-refractivity contribution in [3.63, 3.8) is 0 Å². The molecule has 0 aliphatic carbocycles. The average Bonchev–Trinajstić information content (AvgIpc) is 3.14. The molecule has 1 heterocycles. The van der Waals surface area contributed by atoms with Gasteiger partial charge in [-0.3, -0.25) is 9.69 Å². The Hall–Kier alpha value is -3.37. The fourth-order valence-electron chi connectivity index (χ4n) is 4.27. The minimum Gasteiger partial charge on any atom is -0.497 e. The molecule has 3 aromatic carbocycles. The molecule has 31 heavy (non-hydrogen) atoms. The van der Waals surface area contributed by atoms with Gasteiger partial charge in [0.15, 0.2) is 5.78 Å². The number of Topliss-reactive ketones (excluding diaryl/α,β-unsaturated/α-hetero) is 1. The highest BCUT2D eigenvalue weighted by Gasteiger charge is 2.23. The number of ketones is 1. The number of benzene rings is 3. The van der Waals surface area contributed by atoms with Gasteiger partial charge in [-0.15, -0.1) is 0 Å². The highest BCUT2D eigenvalue weighted by Crippen LogP contribution is 2.34. The zero-order valence-electron chi connectivity index (χ0n) is 18.3. The van der Waals surface area contributed by atoms with E-state index in [1.54, 1.807) is 7.11 Å². The van der Waals surface area contributed by atoms with E-state index in [-0.39, 0.29) is 5.78 Å². The Morgan fingerprint density at radius 2 is 1.71 bits per heavy atom. The second-order valence-corrected chi connectivity index (χ2v) is 7.80. The number of rotatable bonds is 8. The van der Waals surface area contributed by atoms with E-state index >= 15 is 0 Å². The van der Waals surface area contributed by atoms with Crippen LogP contribution in [0.2, 0.25) is 0 Å². The Bertz CT molecular complexity index is 1190. The summed E-state index contributed by atoms with van der Waals surface area (Å²) in [6, 6.07) is 26.4. The topological polar surface area (TPSA) is 34.5 Å². The number of methoxy groups -OCH3 is 1. The van der Waals surface area contributed by atoms with Gasteiger partial charge in [-0.25, -0.2) is 0 Å². The van der Waals surface area contributed by atoms with Gasteiger partial charge >= 0.3 is 0 Å². The SMILES string of the molecule is CCn1c(-c2ccccc2)c(C(=O)CN(C)Cc2cccc(OC)c2)c2ccccc21. The zero-order chi connectivity index (χ0) is 21.8. The number of carbonyl (C=O) groups is 1.